The zero-order valence-corrected chi connectivity index (χ0v) is 33.4. The van der Waals surface area contributed by atoms with E-state index in [-0.39, 0.29) is 54.6 Å². The molecule has 10 unspecified atom stereocenters. The predicted octanol–water partition coefficient (Wildman–Crippen LogP) is 3.96. The summed E-state index contributed by atoms with van der Waals surface area (Å²) in [7, 11) is -4.00. The maximum atomic E-state index is 12.3. The molecule has 4 aliphatic carbocycles. The molecule has 300 valence electrons. The van der Waals surface area contributed by atoms with E-state index in [4.69, 9.17) is 21.5 Å². The Morgan fingerprint density at radius 2 is 1.44 bits per heavy atom. The van der Waals surface area contributed by atoms with E-state index in [1.165, 1.54) is 13.3 Å². The topological polar surface area (TPSA) is 198 Å². The molecule has 5 aliphatic rings. The standard InChI is InChI=1S/C36H67ClN8O6S/c1-20-14-25(15-21(2)31(20)40-35-41-34(42-36(47)43-35)39-27-10-12-28(13-11-27)52(48,49)50)18-26-16-22(3)32(23(4)17-26)44-45-33(24(5)46)51-19-38-30-9-7-6-8-29(30)37/h20-23,25-36,38-43,47H,6-19H2,1-5H3,(H,48,49,50). The Balaban J connectivity index is 1.05. The minimum absolute atomic E-state index is 0.0726. The summed E-state index contributed by atoms with van der Waals surface area (Å²) in [5, 5.41) is 39.4. The molecule has 16 heteroatoms. The number of hydrogen-bond acceptors (Lipinski definition) is 13. The quantitative estimate of drug-likeness (QED) is 0.0548. The number of nitrogens with one attached hydrogen (secondary N) is 6. The van der Waals surface area contributed by atoms with E-state index in [0.29, 0.717) is 61.2 Å². The summed E-state index contributed by atoms with van der Waals surface area (Å²) in [4.78, 5) is 12.3. The zero-order chi connectivity index (χ0) is 37.6. The maximum absolute atomic E-state index is 12.3. The van der Waals surface area contributed by atoms with Crippen LogP contribution in [0.25, 0.3) is 0 Å². The molecule has 10 atom stereocenters. The first-order valence-corrected chi connectivity index (χ1v) is 21.9. The zero-order valence-electron chi connectivity index (χ0n) is 31.8. The van der Waals surface area contributed by atoms with Crippen molar-refractivity contribution in [2.45, 2.75) is 178 Å². The van der Waals surface area contributed by atoms with Crippen molar-refractivity contribution < 1.29 is 27.6 Å². The van der Waals surface area contributed by atoms with E-state index < -0.39 is 27.9 Å². The summed E-state index contributed by atoms with van der Waals surface area (Å²) in [6.07, 6.45) is 9.68. The van der Waals surface area contributed by atoms with Crippen LogP contribution >= 0.6 is 11.6 Å². The van der Waals surface area contributed by atoms with Crippen molar-refractivity contribution in [1.82, 2.24) is 31.9 Å². The predicted molar refractivity (Wildman–Crippen MR) is 201 cm³/mol. The van der Waals surface area contributed by atoms with Gasteiger partial charge in [0.2, 0.25) is 6.23 Å². The summed E-state index contributed by atoms with van der Waals surface area (Å²) in [5.74, 6) is 2.80. The van der Waals surface area contributed by atoms with Gasteiger partial charge in [0.05, 0.1) is 11.3 Å². The monoisotopic (exact) mass is 774 g/mol. The van der Waals surface area contributed by atoms with E-state index in [1.807, 2.05) is 0 Å². The number of azo groups is 1. The molecule has 0 amide bonds. The van der Waals surface area contributed by atoms with Crippen LogP contribution in [0.5, 0.6) is 0 Å². The first-order valence-electron chi connectivity index (χ1n) is 20.0. The highest BCUT2D eigenvalue weighted by Crippen LogP contribution is 2.43. The molecule has 1 heterocycles. The largest absolute Gasteiger partial charge is 0.365 e. The number of rotatable bonds is 14. The third-order valence-electron chi connectivity index (χ3n) is 12.6. The minimum Gasteiger partial charge on any atom is -0.365 e. The summed E-state index contributed by atoms with van der Waals surface area (Å²) < 4.78 is 38.3. The maximum Gasteiger partial charge on any atom is 0.267 e. The number of halogens is 1. The molecule has 5 rings (SSSR count). The number of aliphatic hydroxyl groups excluding tert-OH is 1. The fraction of sp³-hybridized carbons (Fsp3) is 0.972. The van der Waals surface area contributed by atoms with Gasteiger partial charge in [-0.05, 0) is 113 Å². The highest BCUT2D eigenvalue weighted by molar-refractivity contribution is 7.86. The molecule has 0 radical (unpaired) electrons. The Bertz CT molecular complexity index is 1250. The number of Topliss-reactive ketones (excluding diaryl/α,β-unsaturated/α-hetero) is 1. The number of nitrogens with zero attached hydrogens (tertiary/aromatic N) is 2. The van der Waals surface area contributed by atoms with Crippen LogP contribution in [0, 0.1) is 35.5 Å². The van der Waals surface area contributed by atoms with Gasteiger partial charge in [0.15, 0.2) is 12.1 Å². The van der Waals surface area contributed by atoms with E-state index in [2.05, 4.69) is 64.7 Å². The Morgan fingerprint density at radius 1 is 0.865 bits per heavy atom. The number of carbonyl (C=O) groups is 1. The van der Waals surface area contributed by atoms with Crippen LogP contribution in [0.2, 0.25) is 0 Å². The fourth-order valence-electron chi connectivity index (χ4n) is 10.1. The average molecular weight is 776 g/mol. The number of aliphatic hydroxyl groups is 1. The van der Waals surface area contributed by atoms with Crippen LogP contribution in [-0.2, 0) is 19.6 Å². The highest BCUT2D eigenvalue weighted by Gasteiger charge is 2.40. The van der Waals surface area contributed by atoms with E-state index >= 15 is 0 Å². The molecule has 0 spiro atoms. The summed E-state index contributed by atoms with van der Waals surface area (Å²) in [6.45, 7) is 10.9. The van der Waals surface area contributed by atoms with Gasteiger partial charge in [-0.15, -0.1) is 11.6 Å². The van der Waals surface area contributed by atoms with Crippen LogP contribution in [0.4, 0.5) is 0 Å². The van der Waals surface area contributed by atoms with Crippen molar-refractivity contribution in [1.29, 1.82) is 0 Å². The van der Waals surface area contributed by atoms with Gasteiger partial charge in [-0.25, -0.2) is 0 Å². The normalized spacial score (nSPS) is 43.0. The van der Waals surface area contributed by atoms with Crippen LogP contribution in [0.15, 0.2) is 10.2 Å². The van der Waals surface area contributed by atoms with Crippen LogP contribution in [0.1, 0.15) is 118 Å². The second-order valence-corrected chi connectivity index (χ2v) is 19.3. The fourth-order valence-corrected chi connectivity index (χ4v) is 11.3. The van der Waals surface area contributed by atoms with Gasteiger partial charge in [-0.1, -0.05) is 40.5 Å². The van der Waals surface area contributed by atoms with Crippen molar-refractivity contribution in [3.8, 4) is 0 Å². The number of hydrogen-bond donors (Lipinski definition) is 8. The van der Waals surface area contributed by atoms with E-state index in [0.717, 1.165) is 51.4 Å². The van der Waals surface area contributed by atoms with Gasteiger partial charge < -0.3 is 9.84 Å². The Morgan fingerprint density at radius 3 is 2.02 bits per heavy atom. The van der Waals surface area contributed by atoms with Crippen molar-refractivity contribution in [3.05, 3.63) is 0 Å². The van der Waals surface area contributed by atoms with Gasteiger partial charge in [0.25, 0.3) is 10.1 Å². The first-order chi connectivity index (χ1) is 24.7. The average Bonchev–Trinajstić information content (AvgIpc) is 3.05. The van der Waals surface area contributed by atoms with Gasteiger partial charge >= 0.3 is 0 Å². The van der Waals surface area contributed by atoms with Crippen molar-refractivity contribution in [2.75, 3.05) is 6.73 Å². The summed E-state index contributed by atoms with van der Waals surface area (Å²) >= 11 is 6.47. The minimum atomic E-state index is -4.00. The lowest BCUT2D eigenvalue weighted by Gasteiger charge is -2.46. The Hall–Kier alpha value is -0.850. The Labute approximate surface area is 316 Å². The highest BCUT2D eigenvalue weighted by atomic mass is 35.5. The van der Waals surface area contributed by atoms with Crippen molar-refractivity contribution in [2.24, 2.45) is 45.7 Å². The van der Waals surface area contributed by atoms with Gasteiger partial charge in [-0.2, -0.15) is 18.6 Å². The molecule has 0 aromatic rings. The second-order valence-electron chi connectivity index (χ2n) is 17.0. The first kappa shape index (κ1) is 42.3. The van der Waals surface area contributed by atoms with Crippen molar-refractivity contribution >= 4 is 27.5 Å². The van der Waals surface area contributed by atoms with Crippen LogP contribution in [0.3, 0.4) is 0 Å². The Kier molecular flexibility index (Phi) is 15.7. The molecule has 0 aromatic heterocycles. The molecular weight excluding hydrogens is 708 g/mol. The van der Waals surface area contributed by atoms with Crippen LogP contribution in [-0.4, -0.2) is 90.5 Å². The number of ketones is 1. The number of alkyl halides is 1. The number of carbonyl (C=O) groups excluding carboxylic acids is 1. The lowest BCUT2D eigenvalue weighted by Crippen LogP contribution is -2.76. The molecular formula is C36H67ClN8O6S. The van der Waals surface area contributed by atoms with Gasteiger partial charge in [-0.3, -0.25) is 41.2 Å². The SMILES string of the molecule is CC(=O)C(N=NC1C(C)CC(CC2CC(C)C(NC3NC(O)NC(NC4CCC(S(=O)(=O)O)CC4)N3)C(C)C2)CC1C)OCNC1CCCCC1Cl. The second kappa shape index (κ2) is 19.3. The molecule has 14 nitrogen and oxygen atoms in total. The number of ether oxygens (including phenoxy) is 1. The van der Waals surface area contributed by atoms with Crippen LogP contribution < -0.4 is 31.9 Å². The lowest BCUT2D eigenvalue weighted by molar-refractivity contribution is -0.129. The van der Waals surface area contributed by atoms with Gasteiger partial charge in [0, 0.05) is 23.5 Å². The van der Waals surface area contributed by atoms with E-state index in [1.54, 1.807) is 0 Å². The molecule has 1 aliphatic heterocycles. The molecule has 0 aromatic carbocycles. The summed E-state index contributed by atoms with van der Waals surface area (Å²) in [5.41, 5.74) is 0. The molecule has 52 heavy (non-hydrogen) atoms. The van der Waals surface area contributed by atoms with E-state index in [9.17, 15) is 22.9 Å². The lowest BCUT2D eigenvalue weighted by atomic mass is 9.66. The third kappa shape index (κ3) is 12.1. The van der Waals surface area contributed by atoms with Gasteiger partial charge in [0.1, 0.15) is 19.3 Å². The molecule has 4 saturated carbocycles. The third-order valence-corrected chi connectivity index (χ3v) is 14.5. The molecule has 0 bridgehead atoms. The molecule has 5 fully saturated rings. The van der Waals surface area contributed by atoms with Crippen molar-refractivity contribution in [3.63, 3.8) is 0 Å². The summed E-state index contributed by atoms with van der Waals surface area (Å²) in [6, 6.07) is 0.624. The molecule has 1 saturated heterocycles. The molecule has 8 N–H and O–H groups in total. The smallest absolute Gasteiger partial charge is 0.267 e.